The van der Waals surface area contributed by atoms with Crippen LogP contribution in [-0.4, -0.2) is 228 Å². The summed E-state index contributed by atoms with van der Waals surface area (Å²) < 4.78 is 71.0. The van der Waals surface area contributed by atoms with Crippen LogP contribution in [0.5, 0.6) is 46.0 Å². The molecule has 39 nitrogen and oxygen atoms in total. The fourth-order valence-electron chi connectivity index (χ4n) is 19.6. The van der Waals surface area contributed by atoms with Crippen molar-refractivity contribution in [2.75, 3.05) is 45.4 Å². The molecule has 724 valence electrons. The fraction of sp³-hybridized carbons (Fsp3) is 0.516. The van der Waals surface area contributed by atoms with Crippen LogP contribution in [-0.2, 0) is 69.1 Å². The van der Waals surface area contributed by atoms with Gasteiger partial charge in [-0.05, 0) is 246 Å². The van der Waals surface area contributed by atoms with Crippen LogP contribution in [0, 0.1) is 43.4 Å². The molecule has 4 aliphatic carbocycles. The largest absolute Gasteiger partial charge is 0.508 e. The first-order valence-electron chi connectivity index (χ1n) is 44.9. The third kappa shape index (κ3) is 22.4. The van der Waals surface area contributed by atoms with E-state index >= 15 is 28.8 Å². The van der Waals surface area contributed by atoms with E-state index in [4.69, 9.17) is 50.5 Å². The van der Waals surface area contributed by atoms with Crippen molar-refractivity contribution in [2.45, 2.75) is 234 Å². The molecule has 0 radical (unpaired) electrons. The number of urea groups is 1. The molecule has 11 aliphatic rings. The number of methoxy groups -OCH3 is 1. The molecule has 134 heavy (non-hydrogen) atoms. The maximum absolute atomic E-state index is 16.9. The number of carbonyl (C=O) groups is 9. The number of unbranched alkanes of at least 4 members (excludes halogenated alkanes) is 2. The van der Waals surface area contributed by atoms with E-state index in [1.807, 2.05) is 13.8 Å². The third-order valence-electron chi connectivity index (χ3n) is 26.4. The number of nitrogens with one attached hydrogen (secondary N) is 12. The highest BCUT2D eigenvalue weighted by Crippen LogP contribution is 2.55. The average Bonchev–Trinajstić information content (AvgIpc) is 0.755. The van der Waals surface area contributed by atoms with E-state index in [1.54, 1.807) is 6.92 Å². The Bertz CT molecular complexity index is 5510. The minimum Gasteiger partial charge on any atom is -0.508 e. The summed E-state index contributed by atoms with van der Waals surface area (Å²) in [6.45, 7) is 9.32. The van der Waals surface area contributed by atoms with Gasteiger partial charge in [0.05, 0.1) is 49.7 Å². The van der Waals surface area contributed by atoms with Crippen LogP contribution < -0.4 is 87.9 Å². The molecule has 4 saturated carbocycles. The number of carbonyl (C=O) groups excluding carboxylic acids is 9. The van der Waals surface area contributed by atoms with Gasteiger partial charge in [0, 0.05) is 47.9 Å². The number of hydrogen-bond donors (Lipinski definition) is 21. The summed E-state index contributed by atoms with van der Waals surface area (Å²) in [5, 5.41) is 127. The van der Waals surface area contributed by atoms with E-state index in [2.05, 4.69) is 63.2 Å². The van der Waals surface area contributed by atoms with Crippen molar-refractivity contribution in [1.29, 1.82) is 0 Å². The number of anilines is 1. The predicted octanol–water partition coefficient (Wildman–Crippen LogP) is 3.90. The molecule has 7 aliphatic heterocycles. The summed E-state index contributed by atoms with van der Waals surface area (Å²) in [7, 11) is -0.546. The number of imide groups is 1. The Labute approximate surface area is 778 Å². The highest BCUT2D eigenvalue weighted by Gasteiger charge is 2.54. The number of benzene rings is 6. The Hall–Kier alpha value is -10.9. The van der Waals surface area contributed by atoms with Crippen LogP contribution in [0.25, 0.3) is 11.1 Å². The van der Waals surface area contributed by atoms with Gasteiger partial charge in [-0.1, -0.05) is 50.1 Å². The van der Waals surface area contributed by atoms with E-state index in [0.29, 0.717) is 43.4 Å². The number of ether oxygens (including phenoxy) is 7. The zero-order valence-corrected chi connectivity index (χ0v) is 77.0. The smallest absolute Gasteiger partial charge is 0.325 e. The van der Waals surface area contributed by atoms with Crippen molar-refractivity contribution in [3.05, 3.63) is 147 Å². The second-order valence-corrected chi connectivity index (χ2v) is 39.1. The molecule has 7 heterocycles. The number of aromatic hydroxyl groups is 2. The maximum Gasteiger partial charge on any atom is 0.325 e. The first-order chi connectivity index (χ1) is 63.6. The minimum atomic E-state index is -3.45. The number of sulfonamides is 1. The summed E-state index contributed by atoms with van der Waals surface area (Å²) in [4.78, 5) is 140. The summed E-state index contributed by atoms with van der Waals surface area (Å²) >= 11 is 7.38. The second kappa shape index (κ2) is 41.7. The molecule has 15 bridgehead atoms. The first-order valence-corrected chi connectivity index (χ1v) is 47.2. The molecular formula is C93H118ClN13O26S. The number of fused-ring (bicyclic) bond motifs is 15. The number of amides is 10. The van der Waals surface area contributed by atoms with Gasteiger partial charge >= 0.3 is 6.03 Å². The van der Waals surface area contributed by atoms with Gasteiger partial charge in [0.1, 0.15) is 95.5 Å². The number of aryl methyl sites for hydroxylation is 1. The zero-order valence-electron chi connectivity index (χ0n) is 75.4. The molecule has 6 fully saturated rings. The highest BCUT2D eigenvalue weighted by molar-refractivity contribution is 7.88. The molecule has 6 aromatic rings. The normalized spacial score (nSPS) is 29.2. The lowest BCUT2D eigenvalue weighted by atomic mass is 9.54. The lowest BCUT2D eigenvalue weighted by molar-refractivity contribution is -0.333. The quantitative estimate of drug-likeness (QED) is 0.0361. The first kappa shape index (κ1) is 99.0. The maximum atomic E-state index is 16.9. The molecule has 0 aromatic heterocycles. The van der Waals surface area contributed by atoms with Crippen molar-refractivity contribution in [1.82, 2.24) is 57.9 Å². The number of halogens is 1. The lowest BCUT2D eigenvalue weighted by Gasteiger charge is -2.54. The zero-order chi connectivity index (χ0) is 96.4. The average molecular weight is 1900 g/mol. The van der Waals surface area contributed by atoms with Crippen molar-refractivity contribution in [2.24, 2.45) is 35.3 Å². The monoisotopic (exact) mass is 1900 g/mol. The van der Waals surface area contributed by atoms with Crippen LogP contribution >= 0.6 is 11.6 Å². The molecule has 10 amide bonds. The molecule has 41 heteroatoms. The highest BCUT2D eigenvalue weighted by atomic mass is 35.5. The Morgan fingerprint density at radius 1 is 0.694 bits per heavy atom. The standard InChI is InChI=1S/C93H118ClN13O26S/c1-41(2)25-59(96-7)84(117)106-75-77(112)48-14-21-63(42(3)26-48)129-65-34-52-35-66(81(65)133-91-82(80(115)79(114)67(40-108)131-91)132-69-38-93(6,95)83(116)44(5)128-69)130-64-22-15-49(33-58(64)94)78(113)76-90(123)105-74(88(121)102-71-50-28-45-27-46(30-50)31-51(71)29-45)56-36-62(110)57(39-97-23-11-10-12-24-98-134(9,125)126)43(4)70(56)55-32-47(13-20-61(55)109)72(86(119)107-76)104-87(120)73(52)103-85(118)60(100-89(75)122)37-68(111)101-92(124)99-53-16-18-54(127-8)19-17-53/h13-22,26,32-36,41,44-46,50-51,59-60,67,69,71-80,82-83,91,96-98,108-110,112-116H,10-12,23-25,27-31,37-40,95H2,1-9H3,(H,100,122)(H,102,121)(H,103,118)(H,104,120)(H,105,123)(H,106,117)(H,107,119)(H2,99,101,111,124)/t44-,45?,46?,50?,51?,59+,60-,67+,69-,71?,72+,73+,74-,75+,76-,77+,78+,79+,80-,82+,83+,91-,93-/m0/s1. The summed E-state index contributed by atoms with van der Waals surface area (Å²) in [5.41, 5.74) is 4.83. The Morgan fingerprint density at radius 3 is 1.98 bits per heavy atom. The number of phenolic OH excluding ortho intramolecular Hbond substituents is 2. The molecule has 0 unspecified atom stereocenters. The Kier molecular flexibility index (Phi) is 30.8. The SMILES string of the molecule is CN[C@H](CC(C)C)C(=O)N[C@H]1C(=O)N[C@@H](CC(=O)NC(=O)Nc2ccc(OC)cc2)C(=O)N[C@H]2C(=O)N[C@H]3C(=O)N[C@H](C(=O)N[C@H](C(=O)NC4C5CC6CC(C5)CC4C6)c4cc(O)c(CNCCCCCNS(C)(=O)=O)c(C)c4-c4cc3ccc4O)[C@H](O)c3ccc(c(Cl)c3)Oc3cc2cc(c3O[C@@H]2O[C@H](CO)[C@@H](O)[C@H](O)[C@H]2O[C@H]2C[C@](C)(N)[C@H](O)[C@H](C)O2)Oc2ccc(cc2C)[C@H]1O. The third-order valence-corrected chi connectivity index (χ3v) is 27.5. The number of rotatable bonds is 25. The number of nitrogens with two attached hydrogens (primary N) is 1. The molecule has 0 spiro atoms. The van der Waals surface area contributed by atoms with Gasteiger partial charge in [0.15, 0.2) is 23.9 Å². The van der Waals surface area contributed by atoms with Gasteiger partial charge in [-0.2, -0.15) is 0 Å². The van der Waals surface area contributed by atoms with E-state index in [-0.39, 0.29) is 128 Å². The number of aliphatic hydroxyl groups is 6. The van der Waals surface area contributed by atoms with Gasteiger partial charge in [0.2, 0.25) is 69.3 Å². The second-order valence-electron chi connectivity index (χ2n) is 36.9. The molecule has 17 rings (SSSR count). The van der Waals surface area contributed by atoms with Gasteiger partial charge in [-0.3, -0.25) is 43.7 Å². The molecule has 2 saturated heterocycles. The predicted molar refractivity (Wildman–Crippen MR) is 483 cm³/mol. The fourth-order valence-corrected chi connectivity index (χ4v) is 20.4. The lowest BCUT2D eigenvalue weighted by Crippen LogP contribution is -2.64. The van der Waals surface area contributed by atoms with Gasteiger partial charge in [-0.25, -0.2) is 17.9 Å². The van der Waals surface area contributed by atoms with Crippen molar-refractivity contribution in [3.8, 4) is 57.1 Å². The number of phenols is 2. The number of likely N-dealkylation sites (N-methyl/N-ethyl adjacent to an activating group) is 1. The van der Waals surface area contributed by atoms with E-state index < -0.39 is 214 Å². The van der Waals surface area contributed by atoms with Gasteiger partial charge in [-0.15, -0.1) is 0 Å². The summed E-state index contributed by atoms with van der Waals surface area (Å²) in [6.07, 6.45) is -11.6. The van der Waals surface area contributed by atoms with E-state index in [0.717, 1.165) is 50.5 Å². The van der Waals surface area contributed by atoms with Crippen molar-refractivity contribution in [3.63, 3.8) is 0 Å². The summed E-state index contributed by atoms with van der Waals surface area (Å²) in [6, 6.07) is 5.20. The molecule has 18 atom stereocenters. The molecule has 6 aromatic carbocycles. The van der Waals surface area contributed by atoms with E-state index in [9.17, 15) is 63.7 Å². The molecule has 22 N–H and O–H groups in total. The van der Waals surface area contributed by atoms with Crippen LogP contribution in [0.15, 0.2) is 97.1 Å². The van der Waals surface area contributed by atoms with Gasteiger partial charge < -0.3 is 133 Å². The van der Waals surface area contributed by atoms with E-state index in [1.165, 1.54) is 120 Å². The Morgan fingerprint density at radius 2 is 1.34 bits per heavy atom. The van der Waals surface area contributed by atoms with Gasteiger partial charge in [0.25, 0.3) is 0 Å². The van der Waals surface area contributed by atoms with Crippen molar-refractivity contribution < 1.29 is 126 Å². The summed E-state index contributed by atoms with van der Waals surface area (Å²) in [5.74, 6) is -11.4. The van der Waals surface area contributed by atoms with Crippen LogP contribution in [0.1, 0.15) is 173 Å². The number of aliphatic hydroxyl groups excluding tert-OH is 6. The Balaban J connectivity index is 0.967. The van der Waals surface area contributed by atoms with Crippen molar-refractivity contribution >= 4 is 80.6 Å². The van der Waals surface area contributed by atoms with Crippen LogP contribution in [0.2, 0.25) is 5.02 Å². The number of hydrogen-bond acceptors (Lipinski definition) is 29. The minimum absolute atomic E-state index is 0.0347. The van der Waals surface area contributed by atoms with Crippen LogP contribution in [0.3, 0.4) is 0 Å². The topological polar surface area (TPSA) is 585 Å². The van der Waals surface area contributed by atoms with Crippen LogP contribution in [0.4, 0.5) is 10.5 Å². The molecular weight excluding hydrogens is 1780 g/mol.